The van der Waals surface area contributed by atoms with Crippen LogP contribution in [0.3, 0.4) is 0 Å². The Labute approximate surface area is 191 Å². The van der Waals surface area contributed by atoms with Crippen molar-refractivity contribution in [1.29, 1.82) is 0 Å². The van der Waals surface area contributed by atoms with E-state index in [1.165, 1.54) is 36.7 Å². The fraction of sp³-hybridized carbons (Fsp3) is 0.0833. The number of rotatable bonds is 7. The van der Waals surface area contributed by atoms with E-state index in [1.807, 2.05) is 13.0 Å². The molecule has 168 valence electrons. The van der Waals surface area contributed by atoms with Crippen LogP contribution < -0.4 is 10.0 Å². The molecule has 0 spiro atoms. The quantitative estimate of drug-likeness (QED) is 0.432. The average Bonchev–Trinajstić information content (AvgIpc) is 3.32. The Bertz CT molecular complexity index is 1400. The molecule has 0 saturated heterocycles. The van der Waals surface area contributed by atoms with Crippen LogP contribution in [0.2, 0.25) is 0 Å². The van der Waals surface area contributed by atoms with Crippen molar-refractivity contribution in [1.82, 2.24) is 14.9 Å². The Morgan fingerprint density at radius 1 is 1.06 bits per heavy atom. The van der Waals surface area contributed by atoms with Crippen LogP contribution in [0.25, 0.3) is 5.69 Å². The van der Waals surface area contributed by atoms with Crippen LogP contribution in [0.4, 0.5) is 10.1 Å². The van der Waals surface area contributed by atoms with Crippen molar-refractivity contribution in [3.8, 4) is 5.69 Å². The van der Waals surface area contributed by atoms with Crippen molar-refractivity contribution in [3.63, 3.8) is 0 Å². The van der Waals surface area contributed by atoms with Gasteiger partial charge in [-0.25, -0.2) is 17.8 Å². The van der Waals surface area contributed by atoms with E-state index in [0.29, 0.717) is 16.9 Å². The monoisotopic (exact) mass is 464 g/mol. The van der Waals surface area contributed by atoms with Gasteiger partial charge in [0.05, 0.1) is 16.9 Å². The molecule has 0 saturated carbocycles. The first-order chi connectivity index (χ1) is 15.8. The van der Waals surface area contributed by atoms with Crippen molar-refractivity contribution in [3.05, 3.63) is 108 Å². The summed E-state index contributed by atoms with van der Waals surface area (Å²) in [5.41, 5.74) is 2.44. The Kier molecular flexibility index (Phi) is 6.23. The minimum Gasteiger partial charge on any atom is -0.348 e. The average molecular weight is 465 g/mol. The zero-order valence-electron chi connectivity index (χ0n) is 17.7. The lowest BCUT2D eigenvalue weighted by atomic mass is 10.1. The van der Waals surface area contributed by atoms with Crippen LogP contribution in [0.15, 0.2) is 90.3 Å². The second-order valence-electron chi connectivity index (χ2n) is 7.44. The fourth-order valence-corrected chi connectivity index (χ4v) is 4.38. The summed E-state index contributed by atoms with van der Waals surface area (Å²) in [4.78, 5) is 16.5. The molecule has 0 radical (unpaired) electrons. The zero-order valence-corrected chi connectivity index (χ0v) is 18.5. The molecule has 0 aliphatic carbocycles. The normalized spacial score (nSPS) is 11.2. The SMILES string of the molecule is Cc1cccc(NS(=O)(=O)c2cccc(C(=O)NCc3ccc(-n4ccnc4)c(F)c3)c2)c1. The lowest BCUT2D eigenvalue weighted by molar-refractivity contribution is 0.0950. The second-order valence-corrected chi connectivity index (χ2v) is 9.12. The third-order valence-corrected chi connectivity index (χ3v) is 6.30. The van der Waals surface area contributed by atoms with E-state index in [9.17, 15) is 17.6 Å². The molecule has 1 aromatic heterocycles. The topological polar surface area (TPSA) is 93.1 Å². The summed E-state index contributed by atoms with van der Waals surface area (Å²) < 4.78 is 44.0. The number of hydrogen-bond donors (Lipinski definition) is 2. The van der Waals surface area contributed by atoms with Gasteiger partial charge in [0.2, 0.25) is 0 Å². The summed E-state index contributed by atoms with van der Waals surface area (Å²) >= 11 is 0. The maximum Gasteiger partial charge on any atom is 0.261 e. The Hall–Kier alpha value is -3.98. The third kappa shape index (κ3) is 5.27. The molecule has 7 nitrogen and oxygen atoms in total. The van der Waals surface area contributed by atoms with Gasteiger partial charge in [0.25, 0.3) is 15.9 Å². The van der Waals surface area contributed by atoms with Crippen LogP contribution in [0, 0.1) is 12.7 Å². The van der Waals surface area contributed by atoms with E-state index < -0.39 is 21.7 Å². The van der Waals surface area contributed by atoms with E-state index in [4.69, 9.17) is 0 Å². The molecule has 1 amide bonds. The number of nitrogens with one attached hydrogen (secondary N) is 2. The summed E-state index contributed by atoms with van der Waals surface area (Å²) in [5.74, 6) is -0.920. The largest absolute Gasteiger partial charge is 0.348 e. The molecule has 4 aromatic rings. The van der Waals surface area contributed by atoms with Crippen LogP contribution in [-0.4, -0.2) is 23.9 Å². The highest BCUT2D eigenvalue weighted by Crippen LogP contribution is 2.19. The number of halogens is 1. The highest BCUT2D eigenvalue weighted by molar-refractivity contribution is 7.92. The van der Waals surface area contributed by atoms with Gasteiger partial charge in [0.1, 0.15) is 5.82 Å². The standard InChI is InChI=1S/C24H21FN4O3S/c1-17-4-2-6-20(12-17)28-33(31,32)21-7-3-5-19(14-21)24(30)27-15-18-8-9-23(22(25)13-18)29-11-10-26-16-29/h2-14,16,28H,15H2,1H3,(H,27,30). The number of benzene rings is 3. The summed E-state index contributed by atoms with van der Waals surface area (Å²) in [7, 11) is -3.87. The van der Waals surface area contributed by atoms with E-state index in [-0.39, 0.29) is 17.0 Å². The molecule has 33 heavy (non-hydrogen) atoms. The molecule has 4 rings (SSSR count). The van der Waals surface area contributed by atoms with Gasteiger partial charge in [0.15, 0.2) is 0 Å². The molecular formula is C24H21FN4O3S. The van der Waals surface area contributed by atoms with Gasteiger partial charge in [-0.15, -0.1) is 0 Å². The first-order valence-electron chi connectivity index (χ1n) is 10.1. The van der Waals surface area contributed by atoms with Crippen LogP contribution in [0.1, 0.15) is 21.5 Å². The lowest BCUT2D eigenvalue weighted by Gasteiger charge is -2.11. The maximum atomic E-state index is 14.4. The number of anilines is 1. The minimum atomic E-state index is -3.87. The Balaban J connectivity index is 1.45. The smallest absolute Gasteiger partial charge is 0.261 e. The van der Waals surface area contributed by atoms with Crippen molar-refractivity contribution in [2.24, 2.45) is 0 Å². The number of aryl methyl sites for hydroxylation is 1. The predicted octanol–water partition coefficient (Wildman–Crippen LogP) is 4.05. The maximum absolute atomic E-state index is 14.4. The van der Waals surface area contributed by atoms with E-state index in [2.05, 4.69) is 15.0 Å². The van der Waals surface area contributed by atoms with Gasteiger partial charge < -0.3 is 9.88 Å². The predicted molar refractivity (Wildman–Crippen MR) is 123 cm³/mol. The minimum absolute atomic E-state index is 0.0348. The number of nitrogens with zero attached hydrogens (tertiary/aromatic N) is 2. The zero-order chi connectivity index (χ0) is 23.4. The first kappa shape index (κ1) is 22.2. The molecule has 1 heterocycles. The molecule has 0 bridgehead atoms. The van der Waals surface area contributed by atoms with Crippen LogP contribution in [-0.2, 0) is 16.6 Å². The number of amides is 1. The second kappa shape index (κ2) is 9.25. The van der Waals surface area contributed by atoms with Gasteiger partial charge in [-0.05, 0) is 60.5 Å². The van der Waals surface area contributed by atoms with Crippen molar-refractivity contribution < 1.29 is 17.6 Å². The lowest BCUT2D eigenvalue weighted by Crippen LogP contribution is -2.23. The molecule has 0 aliphatic heterocycles. The molecule has 0 aliphatic rings. The first-order valence-corrected chi connectivity index (χ1v) is 11.5. The Morgan fingerprint density at radius 2 is 1.88 bits per heavy atom. The summed E-state index contributed by atoms with van der Waals surface area (Å²) in [5, 5.41) is 2.69. The molecule has 0 atom stereocenters. The number of carbonyl (C=O) groups is 1. The van der Waals surface area contributed by atoms with E-state index in [1.54, 1.807) is 47.3 Å². The van der Waals surface area contributed by atoms with Gasteiger partial charge in [-0.3, -0.25) is 9.52 Å². The summed E-state index contributed by atoms with van der Waals surface area (Å²) in [6.45, 7) is 1.94. The number of sulfonamides is 1. The number of aromatic nitrogens is 2. The number of imidazole rings is 1. The summed E-state index contributed by atoms with van der Waals surface area (Å²) in [6, 6.07) is 17.3. The molecule has 2 N–H and O–H groups in total. The molecule has 0 unspecified atom stereocenters. The van der Waals surface area contributed by atoms with Crippen LogP contribution in [0.5, 0.6) is 0 Å². The molecular weight excluding hydrogens is 443 g/mol. The van der Waals surface area contributed by atoms with E-state index >= 15 is 0 Å². The van der Waals surface area contributed by atoms with Crippen LogP contribution >= 0.6 is 0 Å². The highest BCUT2D eigenvalue weighted by atomic mass is 32.2. The number of carbonyl (C=O) groups excluding carboxylic acids is 1. The summed E-state index contributed by atoms with van der Waals surface area (Å²) in [6.07, 6.45) is 4.68. The molecule has 9 heteroatoms. The third-order valence-electron chi connectivity index (χ3n) is 4.92. The van der Waals surface area contributed by atoms with Crippen molar-refractivity contribution >= 4 is 21.6 Å². The van der Waals surface area contributed by atoms with Gasteiger partial charge in [-0.1, -0.05) is 24.3 Å². The number of hydrogen-bond acceptors (Lipinski definition) is 4. The highest BCUT2D eigenvalue weighted by Gasteiger charge is 2.17. The molecule has 0 fully saturated rings. The van der Waals surface area contributed by atoms with Crippen molar-refractivity contribution in [2.75, 3.05) is 4.72 Å². The van der Waals surface area contributed by atoms with Gasteiger partial charge in [-0.2, -0.15) is 0 Å². The van der Waals surface area contributed by atoms with Gasteiger partial charge in [0, 0.05) is 30.2 Å². The Morgan fingerprint density at radius 3 is 2.61 bits per heavy atom. The van der Waals surface area contributed by atoms with Gasteiger partial charge >= 0.3 is 0 Å². The molecule has 3 aromatic carbocycles. The van der Waals surface area contributed by atoms with E-state index in [0.717, 1.165) is 5.56 Å². The van der Waals surface area contributed by atoms with Crippen molar-refractivity contribution in [2.45, 2.75) is 18.4 Å². The fourth-order valence-electron chi connectivity index (χ4n) is 3.28.